The highest BCUT2D eigenvalue weighted by atomic mass is 16.5. The molecule has 2 nitrogen and oxygen atoms in total. The standard InChI is InChI=1S/C15H13O2/c1-2-12-7-6-8-13(11-12)15(16)17-14-9-4-3-5-10-14/h4-11H,2H2,1H3. The second kappa shape index (κ2) is 5.30. The Bertz CT molecular complexity index is 503. The molecule has 0 atom stereocenters. The fraction of sp³-hybridized carbons (Fsp3) is 0.133. The van der Waals surface area contributed by atoms with Crippen LogP contribution in [0.2, 0.25) is 0 Å². The minimum atomic E-state index is -0.327. The van der Waals surface area contributed by atoms with Crippen molar-refractivity contribution in [1.29, 1.82) is 0 Å². The summed E-state index contributed by atoms with van der Waals surface area (Å²) in [4.78, 5) is 11.8. The first-order valence-corrected chi connectivity index (χ1v) is 5.57. The SMILES string of the molecule is CCc1cccc(C(=O)Oc2cc[c]cc2)c1. The average Bonchev–Trinajstić information content (AvgIpc) is 2.40. The van der Waals surface area contributed by atoms with Gasteiger partial charge >= 0.3 is 5.97 Å². The van der Waals surface area contributed by atoms with E-state index in [0.29, 0.717) is 11.3 Å². The maximum atomic E-state index is 11.8. The van der Waals surface area contributed by atoms with E-state index in [1.807, 2.05) is 18.2 Å². The third-order valence-electron chi connectivity index (χ3n) is 2.47. The molecule has 2 heteroatoms. The van der Waals surface area contributed by atoms with Crippen LogP contribution in [0.1, 0.15) is 22.8 Å². The minimum Gasteiger partial charge on any atom is -0.423 e. The van der Waals surface area contributed by atoms with Gasteiger partial charge in [-0.3, -0.25) is 0 Å². The molecule has 0 amide bonds. The van der Waals surface area contributed by atoms with Gasteiger partial charge in [0.05, 0.1) is 5.56 Å². The highest BCUT2D eigenvalue weighted by Crippen LogP contribution is 2.12. The van der Waals surface area contributed by atoms with Gasteiger partial charge in [-0.15, -0.1) is 0 Å². The quantitative estimate of drug-likeness (QED) is 0.592. The number of benzene rings is 2. The predicted molar refractivity (Wildman–Crippen MR) is 66.1 cm³/mol. The number of hydrogen-bond donors (Lipinski definition) is 0. The van der Waals surface area contributed by atoms with Crippen molar-refractivity contribution in [2.75, 3.05) is 0 Å². The highest BCUT2D eigenvalue weighted by molar-refractivity contribution is 5.91. The normalized spacial score (nSPS) is 9.94. The molecule has 0 aliphatic rings. The van der Waals surface area contributed by atoms with Crippen LogP contribution in [0, 0.1) is 6.07 Å². The molecule has 0 aliphatic carbocycles. The molecule has 0 bridgehead atoms. The molecule has 0 heterocycles. The highest BCUT2D eigenvalue weighted by Gasteiger charge is 2.08. The van der Waals surface area contributed by atoms with Gasteiger partial charge in [0.25, 0.3) is 0 Å². The summed E-state index contributed by atoms with van der Waals surface area (Å²) >= 11 is 0. The number of ether oxygens (including phenoxy) is 1. The van der Waals surface area contributed by atoms with Gasteiger partial charge in [-0.25, -0.2) is 4.79 Å². The molecule has 0 aromatic heterocycles. The van der Waals surface area contributed by atoms with Gasteiger partial charge in [0.15, 0.2) is 0 Å². The number of esters is 1. The summed E-state index contributed by atoms with van der Waals surface area (Å²) in [5.74, 6) is 0.210. The average molecular weight is 225 g/mol. The number of carbonyl (C=O) groups is 1. The van der Waals surface area contributed by atoms with Crippen molar-refractivity contribution in [2.24, 2.45) is 0 Å². The third-order valence-corrected chi connectivity index (χ3v) is 2.47. The fourth-order valence-electron chi connectivity index (χ4n) is 1.52. The van der Waals surface area contributed by atoms with Crippen LogP contribution in [-0.2, 0) is 6.42 Å². The second-order valence-corrected chi connectivity index (χ2v) is 3.68. The number of rotatable bonds is 3. The Morgan fingerprint density at radius 1 is 1.24 bits per heavy atom. The van der Waals surface area contributed by atoms with Crippen molar-refractivity contribution < 1.29 is 9.53 Å². The molecule has 2 rings (SSSR count). The molecule has 1 radical (unpaired) electrons. The summed E-state index contributed by atoms with van der Waals surface area (Å²) in [5.41, 5.74) is 1.71. The maximum Gasteiger partial charge on any atom is 0.343 e. The molecular formula is C15H13O2. The summed E-state index contributed by atoms with van der Waals surface area (Å²) in [5, 5.41) is 0. The Hall–Kier alpha value is -2.09. The van der Waals surface area contributed by atoms with Crippen molar-refractivity contribution in [3.05, 3.63) is 65.7 Å². The second-order valence-electron chi connectivity index (χ2n) is 3.68. The van der Waals surface area contributed by atoms with E-state index in [-0.39, 0.29) is 5.97 Å². The van der Waals surface area contributed by atoms with Gasteiger partial charge in [0.2, 0.25) is 0 Å². The molecule has 17 heavy (non-hydrogen) atoms. The van der Waals surface area contributed by atoms with E-state index >= 15 is 0 Å². The van der Waals surface area contributed by atoms with Crippen LogP contribution in [-0.4, -0.2) is 5.97 Å². The predicted octanol–water partition coefficient (Wildman–Crippen LogP) is 3.27. The van der Waals surface area contributed by atoms with E-state index in [9.17, 15) is 4.79 Å². The molecule has 85 valence electrons. The number of hydrogen-bond acceptors (Lipinski definition) is 2. The molecule has 0 fully saturated rings. The molecule has 0 saturated carbocycles. The van der Waals surface area contributed by atoms with Crippen LogP contribution >= 0.6 is 0 Å². The third kappa shape index (κ3) is 2.94. The first-order valence-electron chi connectivity index (χ1n) is 5.57. The Morgan fingerprint density at radius 3 is 2.71 bits per heavy atom. The zero-order valence-electron chi connectivity index (χ0n) is 9.64. The first kappa shape index (κ1) is 11.4. The maximum absolute atomic E-state index is 11.8. The summed E-state index contributed by atoms with van der Waals surface area (Å²) in [6, 6.07) is 17.2. The van der Waals surface area contributed by atoms with Crippen LogP contribution < -0.4 is 4.74 Å². The van der Waals surface area contributed by atoms with Crippen molar-refractivity contribution in [3.63, 3.8) is 0 Å². The van der Waals surface area contributed by atoms with E-state index in [4.69, 9.17) is 4.74 Å². The van der Waals surface area contributed by atoms with Crippen molar-refractivity contribution in [3.8, 4) is 5.75 Å². The Balaban J connectivity index is 2.14. The number of aryl methyl sites for hydroxylation is 1. The number of carbonyl (C=O) groups excluding carboxylic acids is 1. The van der Waals surface area contributed by atoms with Crippen LogP contribution in [0.15, 0.2) is 48.5 Å². The fourth-order valence-corrected chi connectivity index (χ4v) is 1.52. The molecule has 0 unspecified atom stereocenters. The molecule has 0 N–H and O–H groups in total. The van der Waals surface area contributed by atoms with Gasteiger partial charge in [-0.2, -0.15) is 0 Å². The summed E-state index contributed by atoms with van der Waals surface area (Å²) < 4.78 is 5.24. The van der Waals surface area contributed by atoms with E-state index in [0.717, 1.165) is 12.0 Å². The topological polar surface area (TPSA) is 26.3 Å². The smallest absolute Gasteiger partial charge is 0.343 e. The van der Waals surface area contributed by atoms with Gasteiger partial charge in [-0.1, -0.05) is 31.2 Å². The van der Waals surface area contributed by atoms with Crippen LogP contribution in [0.4, 0.5) is 0 Å². The molecule has 2 aromatic rings. The van der Waals surface area contributed by atoms with Crippen LogP contribution in [0.3, 0.4) is 0 Å². The van der Waals surface area contributed by atoms with Gasteiger partial charge in [0.1, 0.15) is 5.75 Å². The molecular weight excluding hydrogens is 212 g/mol. The summed E-state index contributed by atoms with van der Waals surface area (Å²) in [7, 11) is 0. The largest absolute Gasteiger partial charge is 0.423 e. The van der Waals surface area contributed by atoms with Gasteiger partial charge in [-0.05, 0) is 42.3 Å². The van der Waals surface area contributed by atoms with E-state index in [1.54, 1.807) is 30.3 Å². The van der Waals surface area contributed by atoms with Gasteiger partial charge in [0, 0.05) is 0 Å². The lowest BCUT2D eigenvalue weighted by Gasteiger charge is -2.05. The summed E-state index contributed by atoms with van der Waals surface area (Å²) in [6.45, 7) is 2.05. The monoisotopic (exact) mass is 225 g/mol. The lowest BCUT2D eigenvalue weighted by atomic mass is 10.1. The van der Waals surface area contributed by atoms with Crippen molar-refractivity contribution in [1.82, 2.24) is 0 Å². The van der Waals surface area contributed by atoms with E-state index in [1.165, 1.54) is 0 Å². The van der Waals surface area contributed by atoms with Crippen LogP contribution in [0.25, 0.3) is 0 Å². The minimum absolute atomic E-state index is 0.327. The summed E-state index contributed by atoms with van der Waals surface area (Å²) in [6.07, 6.45) is 0.904. The lowest BCUT2D eigenvalue weighted by molar-refractivity contribution is 0.0734. The lowest BCUT2D eigenvalue weighted by Crippen LogP contribution is -2.08. The molecule has 0 saturated heterocycles. The van der Waals surface area contributed by atoms with E-state index < -0.39 is 0 Å². The first-order chi connectivity index (χ1) is 8.29. The molecule has 0 spiro atoms. The molecule has 0 aliphatic heterocycles. The zero-order valence-corrected chi connectivity index (χ0v) is 9.64. The van der Waals surface area contributed by atoms with Gasteiger partial charge < -0.3 is 4.74 Å². The Morgan fingerprint density at radius 2 is 2.00 bits per heavy atom. The molecule has 2 aromatic carbocycles. The van der Waals surface area contributed by atoms with E-state index in [2.05, 4.69) is 13.0 Å². The zero-order chi connectivity index (χ0) is 12.1. The van der Waals surface area contributed by atoms with Crippen molar-refractivity contribution in [2.45, 2.75) is 13.3 Å². The van der Waals surface area contributed by atoms with Crippen LogP contribution in [0.5, 0.6) is 5.75 Å². The van der Waals surface area contributed by atoms with Crippen molar-refractivity contribution >= 4 is 5.97 Å². The Kier molecular flexibility index (Phi) is 3.55. The Labute approximate surface area is 101 Å².